The number of amides is 2. The van der Waals surface area contributed by atoms with Crippen LogP contribution in [0.5, 0.6) is 0 Å². The largest absolute Gasteiger partial charge is 0.311 e. The van der Waals surface area contributed by atoms with Gasteiger partial charge in [0.05, 0.1) is 18.7 Å². The zero-order valence-electron chi connectivity index (χ0n) is 20.1. The maximum absolute atomic E-state index is 13.1. The summed E-state index contributed by atoms with van der Waals surface area (Å²) in [6, 6.07) is 13.7. The molecule has 2 amide bonds. The molecule has 8 heteroatoms. The first-order valence-corrected chi connectivity index (χ1v) is 12.6. The van der Waals surface area contributed by atoms with Crippen molar-refractivity contribution >= 4 is 23.3 Å². The van der Waals surface area contributed by atoms with E-state index in [1.807, 2.05) is 35.1 Å². The SMILES string of the molecule is N#C[C@@]1(C2CC2)CCN(c2ccnc(NC(=O)Cc3cccc(-c4cnn(CC5CC5)c4)c3)c2)C1=O. The van der Waals surface area contributed by atoms with Crippen LogP contribution >= 0.6 is 0 Å². The molecule has 1 aromatic carbocycles. The van der Waals surface area contributed by atoms with E-state index in [0.717, 1.165) is 42.0 Å². The van der Waals surface area contributed by atoms with Gasteiger partial charge < -0.3 is 10.2 Å². The molecule has 1 aliphatic heterocycles. The normalized spacial score (nSPS) is 21.4. The number of aromatic nitrogens is 3. The molecule has 6 rings (SSSR count). The van der Waals surface area contributed by atoms with Crippen molar-refractivity contribution in [2.45, 2.75) is 45.1 Å². The molecule has 2 aliphatic carbocycles. The molecule has 8 nitrogen and oxygen atoms in total. The average molecular weight is 481 g/mol. The summed E-state index contributed by atoms with van der Waals surface area (Å²) in [5, 5.41) is 17.1. The number of anilines is 2. The highest BCUT2D eigenvalue weighted by Crippen LogP contribution is 2.51. The number of hydrogen-bond donors (Lipinski definition) is 1. The highest BCUT2D eigenvalue weighted by atomic mass is 16.2. The van der Waals surface area contributed by atoms with Crippen LogP contribution in [0.3, 0.4) is 0 Å². The van der Waals surface area contributed by atoms with Crippen molar-refractivity contribution in [3.05, 3.63) is 60.6 Å². The van der Waals surface area contributed by atoms with Crippen molar-refractivity contribution in [3.8, 4) is 17.2 Å². The Hall–Kier alpha value is -3.99. The summed E-state index contributed by atoms with van der Waals surface area (Å²) in [6.45, 7) is 1.47. The molecular formula is C28H28N6O2. The van der Waals surface area contributed by atoms with Crippen molar-refractivity contribution in [2.75, 3.05) is 16.8 Å². The standard InChI is InChI=1S/C28H28N6O2/c29-18-28(23-6-7-23)9-11-34(27(28)36)24-8-10-30-25(14-24)32-26(35)13-20-2-1-3-21(12-20)22-15-31-33(17-22)16-19-4-5-19/h1-3,8,10,12,14-15,17,19,23H,4-7,9,11,13,16H2,(H,30,32,35)/t28-/m1/s1. The lowest BCUT2D eigenvalue weighted by Gasteiger charge is -2.21. The van der Waals surface area contributed by atoms with Gasteiger partial charge in [-0.25, -0.2) is 4.98 Å². The Balaban J connectivity index is 1.11. The van der Waals surface area contributed by atoms with E-state index < -0.39 is 5.41 Å². The smallest absolute Gasteiger partial charge is 0.247 e. The molecule has 0 bridgehead atoms. The average Bonchev–Trinajstić information content (AvgIpc) is 3.81. The van der Waals surface area contributed by atoms with Crippen molar-refractivity contribution in [1.82, 2.24) is 14.8 Å². The van der Waals surface area contributed by atoms with Gasteiger partial charge in [0.15, 0.2) is 0 Å². The van der Waals surface area contributed by atoms with Crippen LogP contribution in [-0.4, -0.2) is 33.1 Å². The van der Waals surface area contributed by atoms with Crippen LogP contribution < -0.4 is 10.2 Å². The topological polar surface area (TPSA) is 104 Å². The molecular weight excluding hydrogens is 452 g/mol. The number of rotatable bonds is 8. The van der Waals surface area contributed by atoms with E-state index in [2.05, 4.69) is 27.7 Å². The van der Waals surface area contributed by atoms with Gasteiger partial charge in [-0.1, -0.05) is 24.3 Å². The van der Waals surface area contributed by atoms with Crippen molar-refractivity contribution in [1.29, 1.82) is 5.26 Å². The Kier molecular flexibility index (Phi) is 5.56. The molecule has 0 unspecified atom stereocenters. The zero-order valence-corrected chi connectivity index (χ0v) is 20.1. The number of nitrogens with zero attached hydrogens (tertiary/aromatic N) is 5. The summed E-state index contributed by atoms with van der Waals surface area (Å²) in [4.78, 5) is 31.9. The molecule has 1 saturated heterocycles. The fourth-order valence-electron chi connectivity index (χ4n) is 5.20. The summed E-state index contributed by atoms with van der Waals surface area (Å²) in [7, 11) is 0. The van der Waals surface area contributed by atoms with E-state index in [9.17, 15) is 14.9 Å². The molecule has 36 heavy (non-hydrogen) atoms. The highest BCUT2D eigenvalue weighted by Gasteiger charge is 2.56. The Labute approximate surface area is 209 Å². The molecule has 1 atom stereocenters. The summed E-state index contributed by atoms with van der Waals surface area (Å²) < 4.78 is 2.00. The molecule has 182 valence electrons. The molecule has 2 aromatic heterocycles. The maximum atomic E-state index is 13.1. The van der Waals surface area contributed by atoms with E-state index in [1.54, 1.807) is 23.2 Å². The second-order valence-corrected chi connectivity index (χ2v) is 10.3. The van der Waals surface area contributed by atoms with Crippen molar-refractivity contribution in [3.63, 3.8) is 0 Å². The second kappa shape index (κ2) is 8.90. The third-order valence-electron chi connectivity index (χ3n) is 7.55. The van der Waals surface area contributed by atoms with Gasteiger partial charge >= 0.3 is 0 Å². The minimum absolute atomic E-state index is 0.131. The van der Waals surface area contributed by atoms with Gasteiger partial charge in [-0.05, 0) is 61.1 Å². The van der Waals surface area contributed by atoms with E-state index >= 15 is 0 Å². The zero-order chi connectivity index (χ0) is 24.7. The second-order valence-electron chi connectivity index (χ2n) is 10.3. The van der Waals surface area contributed by atoms with Gasteiger partial charge in [0, 0.05) is 42.8 Å². The van der Waals surface area contributed by atoms with E-state index in [1.165, 1.54) is 12.8 Å². The third kappa shape index (κ3) is 4.37. The fourth-order valence-corrected chi connectivity index (χ4v) is 5.20. The minimum Gasteiger partial charge on any atom is -0.311 e. The maximum Gasteiger partial charge on any atom is 0.247 e. The summed E-state index contributed by atoms with van der Waals surface area (Å²) in [5.74, 6) is 1.01. The Morgan fingerprint density at radius 1 is 1.17 bits per heavy atom. The van der Waals surface area contributed by atoms with Crippen LogP contribution in [0.1, 0.15) is 37.7 Å². The number of nitrogens with one attached hydrogen (secondary N) is 1. The molecule has 0 radical (unpaired) electrons. The molecule has 2 saturated carbocycles. The number of benzene rings is 1. The van der Waals surface area contributed by atoms with Gasteiger partial charge in [-0.3, -0.25) is 14.3 Å². The lowest BCUT2D eigenvalue weighted by Crippen LogP contribution is -2.35. The number of carbonyl (C=O) groups is 2. The number of nitriles is 1. The lowest BCUT2D eigenvalue weighted by atomic mass is 9.83. The first-order valence-electron chi connectivity index (χ1n) is 12.6. The Morgan fingerprint density at radius 3 is 2.81 bits per heavy atom. The molecule has 3 heterocycles. The predicted molar refractivity (Wildman–Crippen MR) is 135 cm³/mol. The molecule has 1 N–H and O–H groups in total. The molecule has 3 fully saturated rings. The quantitative estimate of drug-likeness (QED) is 0.521. The monoisotopic (exact) mass is 480 g/mol. The van der Waals surface area contributed by atoms with E-state index in [-0.39, 0.29) is 24.2 Å². The minimum atomic E-state index is -0.897. The van der Waals surface area contributed by atoms with Crippen LogP contribution in [-0.2, 0) is 22.6 Å². The first-order chi connectivity index (χ1) is 17.5. The van der Waals surface area contributed by atoms with Gasteiger partial charge in [-0.2, -0.15) is 10.4 Å². The fraction of sp³-hybridized carbons (Fsp3) is 0.393. The van der Waals surface area contributed by atoms with Gasteiger partial charge in [0.2, 0.25) is 11.8 Å². The van der Waals surface area contributed by atoms with E-state index in [0.29, 0.717) is 24.5 Å². The van der Waals surface area contributed by atoms with Crippen LogP contribution in [0, 0.1) is 28.6 Å². The van der Waals surface area contributed by atoms with Gasteiger partial charge in [0.25, 0.3) is 0 Å². The van der Waals surface area contributed by atoms with Crippen molar-refractivity contribution < 1.29 is 9.59 Å². The predicted octanol–water partition coefficient (Wildman–Crippen LogP) is 4.19. The Bertz CT molecular complexity index is 1370. The molecule has 0 spiro atoms. The van der Waals surface area contributed by atoms with Crippen LogP contribution in [0.4, 0.5) is 11.5 Å². The number of pyridine rings is 1. The number of carbonyl (C=O) groups excluding carboxylic acids is 2. The molecule has 3 aromatic rings. The number of hydrogen-bond acceptors (Lipinski definition) is 5. The summed E-state index contributed by atoms with van der Waals surface area (Å²) >= 11 is 0. The van der Waals surface area contributed by atoms with Crippen LogP contribution in [0.15, 0.2) is 55.0 Å². The van der Waals surface area contributed by atoms with Crippen LogP contribution in [0.25, 0.3) is 11.1 Å². The first kappa shape index (κ1) is 22.5. The summed E-state index contributed by atoms with van der Waals surface area (Å²) in [5.41, 5.74) is 2.74. The molecule has 3 aliphatic rings. The third-order valence-corrected chi connectivity index (χ3v) is 7.55. The van der Waals surface area contributed by atoms with Gasteiger partial charge in [0.1, 0.15) is 11.2 Å². The van der Waals surface area contributed by atoms with Crippen molar-refractivity contribution in [2.24, 2.45) is 17.3 Å². The van der Waals surface area contributed by atoms with E-state index in [4.69, 9.17) is 0 Å². The highest BCUT2D eigenvalue weighted by molar-refractivity contribution is 6.02. The van der Waals surface area contributed by atoms with Gasteiger partial charge in [-0.15, -0.1) is 0 Å². The lowest BCUT2D eigenvalue weighted by molar-refractivity contribution is -0.123. The summed E-state index contributed by atoms with van der Waals surface area (Å²) in [6.07, 6.45) is 10.7. The Morgan fingerprint density at radius 2 is 2.03 bits per heavy atom. The van der Waals surface area contributed by atoms with Crippen LogP contribution in [0.2, 0.25) is 0 Å².